The molecule has 3 aromatic rings. The topological polar surface area (TPSA) is 45.2 Å². The normalized spacial score (nSPS) is 13.1. The summed E-state index contributed by atoms with van der Waals surface area (Å²) < 4.78 is 0. The number of hydrogen-bond acceptors (Lipinski definition) is 3. The van der Waals surface area contributed by atoms with Gasteiger partial charge in [0.1, 0.15) is 5.82 Å². The van der Waals surface area contributed by atoms with Crippen molar-refractivity contribution in [1.29, 1.82) is 0 Å². The molecular weight excluding hydrogens is 334 g/mol. The van der Waals surface area contributed by atoms with E-state index in [1.807, 2.05) is 24.3 Å². The Morgan fingerprint density at radius 1 is 1.07 bits per heavy atom. The molecule has 4 rings (SSSR count). The molecule has 0 bridgehead atoms. The molecule has 2 aromatic carbocycles. The van der Waals surface area contributed by atoms with E-state index in [9.17, 15) is 4.79 Å². The molecular formula is C23H23N3O. The summed E-state index contributed by atoms with van der Waals surface area (Å²) in [6.45, 7) is 4.33. The first-order valence-electron chi connectivity index (χ1n) is 9.31. The van der Waals surface area contributed by atoms with Gasteiger partial charge in [-0.25, -0.2) is 4.98 Å². The quantitative estimate of drug-likeness (QED) is 0.771. The molecule has 1 aliphatic heterocycles. The Morgan fingerprint density at radius 3 is 2.70 bits per heavy atom. The fourth-order valence-electron chi connectivity index (χ4n) is 3.51. The van der Waals surface area contributed by atoms with Crippen LogP contribution in [0.5, 0.6) is 0 Å². The molecule has 27 heavy (non-hydrogen) atoms. The molecule has 136 valence electrons. The third-order valence-corrected chi connectivity index (χ3v) is 5.16. The van der Waals surface area contributed by atoms with E-state index in [1.54, 1.807) is 12.3 Å². The third-order valence-electron chi connectivity index (χ3n) is 5.16. The maximum Gasteiger partial charge on any atom is 0.251 e. The van der Waals surface area contributed by atoms with E-state index in [-0.39, 0.29) is 5.91 Å². The minimum Gasteiger partial charge on any atom is -0.352 e. The van der Waals surface area contributed by atoms with Gasteiger partial charge < -0.3 is 10.2 Å². The van der Waals surface area contributed by atoms with E-state index >= 15 is 0 Å². The number of rotatable bonds is 4. The summed E-state index contributed by atoms with van der Waals surface area (Å²) in [5.74, 6) is 0.785. The number of pyridine rings is 1. The van der Waals surface area contributed by atoms with Gasteiger partial charge in [0, 0.05) is 31.4 Å². The summed E-state index contributed by atoms with van der Waals surface area (Å²) in [6, 6.07) is 20.3. The van der Waals surface area contributed by atoms with Gasteiger partial charge >= 0.3 is 0 Å². The lowest BCUT2D eigenvalue weighted by atomic mass is 10.00. The zero-order valence-corrected chi connectivity index (χ0v) is 15.5. The second kappa shape index (κ2) is 7.62. The lowest BCUT2D eigenvalue weighted by molar-refractivity contribution is 0.0951. The number of carbonyl (C=O) groups is 1. The Bertz CT molecular complexity index is 967. The fraction of sp³-hybridized carbons (Fsp3) is 0.217. The summed E-state index contributed by atoms with van der Waals surface area (Å²) in [5, 5.41) is 3.02. The van der Waals surface area contributed by atoms with Crippen LogP contribution in [0.3, 0.4) is 0 Å². The minimum absolute atomic E-state index is 0.0701. The average molecular weight is 357 g/mol. The predicted octanol–water partition coefficient (Wildman–Crippen LogP) is 3.88. The Labute approximate surface area is 159 Å². The standard InChI is InChI=1S/C23H23N3O/c1-17-6-2-3-8-20(17)15-25-23(27)19-10-12-24-22(14-19)26-13-11-18-7-4-5-9-21(18)16-26/h2-10,12,14H,11,13,15-16H2,1H3,(H,25,27). The Kier molecular flexibility index (Phi) is 4.88. The van der Waals surface area contributed by atoms with Crippen molar-refractivity contribution < 1.29 is 4.79 Å². The van der Waals surface area contributed by atoms with E-state index in [0.29, 0.717) is 12.1 Å². The second-order valence-corrected chi connectivity index (χ2v) is 6.95. The number of amides is 1. The van der Waals surface area contributed by atoms with Crippen LogP contribution in [0.2, 0.25) is 0 Å². The molecule has 0 fully saturated rings. The van der Waals surface area contributed by atoms with Crippen molar-refractivity contribution in [2.45, 2.75) is 26.4 Å². The lowest BCUT2D eigenvalue weighted by Gasteiger charge is -2.29. The number of fused-ring (bicyclic) bond motifs is 1. The van der Waals surface area contributed by atoms with E-state index < -0.39 is 0 Å². The van der Waals surface area contributed by atoms with Crippen molar-refractivity contribution in [2.24, 2.45) is 0 Å². The molecule has 0 saturated heterocycles. The summed E-state index contributed by atoms with van der Waals surface area (Å²) in [7, 11) is 0. The first kappa shape index (κ1) is 17.3. The first-order valence-corrected chi connectivity index (χ1v) is 9.31. The van der Waals surface area contributed by atoms with Gasteiger partial charge in [0.2, 0.25) is 0 Å². The van der Waals surface area contributed by atoms with Crippen molar-refractivity contribution >= 4 is 11.7 Å². The zero-order valence-electron chi connectivity index (χ0n) is 15.5. The van der Waals surface area contributed by atoms with Crippen LogP contribution in [0.4, 0.5) is 5.82 Å². The van der Waals surface area contributed by atoms with Gasteiger partial charge in [0.05, 0.1) is 0 Å². The van der Waals surface area contributed by atoms with Gasteiger partial charge in [-0.15, -0.1) is 0 Å². The molecule has 1 aliphatic rings. The van der Waals surface area contributed by atoms with Gasteiger partial charge in [-0.3, -0.25) is 4.79 Å². The number of aromatic nitrogens is 1. The summed E-state index contributed by atoms with van der Waals surface area (Å²) in [4.78, 5) is 19.3. The Morgan fingerprint density at radius 2 is 1.85 bits per heavy atom. The molecule has 4 heteroatoms. The van der Waals surface area contributed by atoms with E-state index in [1.165, 1.54) is 16.7 Å². The van der Waals surface area contributed by atoms with Gasteiger partial charge in [0.25, 0.3) is 5.91 Å². The maximum absolute atomic E-state index is 12.6. The van der Waals surface area contributed by atoms with Crippen LogP contribution in [-0.4, -0.2) is 17.4 Å². The number of benzene rings is 2. The van der Waals surface area contributed by atoms with Crippen LogP contribution >= 0.6 is 0 Å². The molecule has 0 radical (unpaired) electrons. The van der Waals surface area contributed by atoms with Crippen molar-refractivity contribution in [3.8, 4) is 0 Å². The predicted molar refractivity (Wildman–Crippen MR) is 108 cm³/mol. The summed E-state index contributed by atoms with van der Waals surface area (Å²) in [6.07, 6.45) is 2.72. The highest BCUT2D eigenvalue weighted by Gasteiger charge is 2.18. The van der Waals surface area contributed by atoms with Crippen LogP contribution < -0.4 is 10.2 Å². The highest BCUT2D eigenvalue weighted by atomic mass is 16.1. The highest BCUT2D eigenvalue weighted by molar-refractivity contribution is 5.94. The molecule has 0 atom stereocenters. The van der Waals surface area contributed by atoms with Crippen molar-refractivity contribution in [3.05, 3.63) is 94.7 Å². The molecule has 0 spiro atoms. The van der Waals surface area contributed by atoms with Crippen molar-refractivity contribution in [3.63, 3.8) is 0 Å². The number of aryl methyl sites for hydroxylation is 1. The van der Waals surface area contributed by atoms with Crippen molar-refractivity contribution in [1.82, 2.24) is 10.3 Å². The molecule has 0 unspecified atom stereocenters. The van der Waals surface area contributed by atoms with Gasteiger partial charge in [-0.05, 0) is 47.7 Å². The van der Waals surface area contributed by atoms with Crippen LogP contribution in [-0.2, 0) is 19.5 Å². The first-order chi connectivity index (χ1) is 13.2. The Hall–Kier alpha value is -3.14. The largest absolute Gasteiger partial charge is 0.352 e. The zero-order chi connectivity index (χ0) is 18.6. The van der Waals surface area contributed by atoms with Crippen LogP contribution in [0, 0.1) is 6.92 Å². The number of hydrogen-bond donors (Lipinski definition) is 1. The summed E-state index contributed by atoms with van der Waals surface area (Å²) >= 11 is 0. The number of carbonyl (C=O) groups excluding carboxylic acids is 1. The monoisotopic (exact) mass is 357 g/mol. The molecule has 0 aliphatic carbocycles. The molecule has 1 amide bonds. The lowest BCUT2D eigenvalue weighted by Crippen LogP contribution is -2.31. The summed E-state index contributed by atoms with van der Waals surface area (Å²) in [5.41, 5.74) is 5.70. The Balaban J connectivity index is 1.46. The van der Waals surface area contributed by atoms with Gasteiger partial charge in [0.15, 0.2) is 0 Å². The van der Waals surface area contributed by atoms with Gasteiger partial charge in [-0.1, -0.05) is 48.5 Å². The molecule has 1 aromatic heterocycles. The van der Waals surface area contributed by atoms with E-state index in [4.69, 9.17) is 0 Å². The molecule has 2 heterocycles. The number of anilines is 1. The van der Waals surface area contributed by atoms with Gasteiger partial charge in [-0.2, -0.15) is 0 Å². The number of nitrogens with one attached hydrogen (secondary N) is 1. The van der Waals surface area contributed by atoms with Crippen LogP contribution in [0.1, 0.15) is 32.6 Å². The average Bonchev–Trinajstić information content (AvgIpc) is 2.72. The fourth-order valence-corrected chi connectivity index (χ4v) is 3.51. The maximum atomic E-state index is 12.6. The van der Waals surface area contributed by atoms with Crippen LogP contribution in [0.15, 0.2) is 66.9 Å². The van der Waals surface area contributed by atoms with E-state index in [0.717, 1.165) is 30.9 Å². The van der Waals surface area contributed by atoms with Crippen molar-refractivity contribution in [2.75, 3.05) is 11.4 Å². The minimum atomic E-state index is -0.0701. The van der Waals surface area contributed by atoms with Crippen LogP contribution in [0.25, 0.3) is 0 Å². The number of nitrogens with zero attached hydrogens (tertiary/aromatic N) is 2. The third kappa shape index (κ3) is 3.85. The van der Waals surface area contributed by atoms with E-state index in [2.05, 4.69) is 52.5 Å². The molecule has 0 saturated carbocycles. The smallest absolute Gasteiger partial charge is 0.251 e. The molecule has 1 N–H and O–H groups in total. The molecule has 4 nitrogen and oxygen atoms in total. The SMILES string of the molecule is Cc1ccccc1CNC(=O)c1ccnc(N2CCc3ccccc3C2)c1. The highest BCUT2D eigenvalue weighted by Crippen LogP contribution is 2.23. The second-order valence-electron chi connectivity index (χ2n) is 6.95.